The molecule has 0 heterocycles. The molecular formula is C13H20ClNO2. The van der Waals surface area contributed by atoms with Crippen molar-refractivity contribution in [2.75, 3.05) is 27.4 Å². The Labute approximate surface area is 108 Å². The number of nitrogens with one attached hydrogen (secondary N) is 1. The molecule has 0 aromatic heterocycles. The van der Waals surface area contributed by atoms with Crippen LogP contribution in [-0.4, -0.2) is 27.4 Å². The molecule has 4 heteroatoms. The third-order valence-electron chi connectivity index (χ3n) is 2.67. The zero-order valence-electron chi connectivity index (χ0n) is 10.6. The molecule has 1 aromatic rings. The zero-order valence-corrected chi connectivity index (χ0v) is 11.4. The third kappa shape index (κ3) is 4.19. The molecule has 0 aliphatic rings. The monoisotopic (exact) mass is 257 g/mol. The lowest BCUT2D eigenvalue weighted by atomic mass is 10.0. The lowest BCUT2D eigenvalue weighted by Crippen LogP contribution is -2.19. The number of hydrogen-bond donors (Lipinski definition) is 1. The zero-order chi connectivity index (χ0) is 12.7. The molecule has 0 spiro atoms. The van der Waals surface area contributed by atoms with Crippen LogP contribution in [0.3, 0.4) is 0 Å². The van der Waals surface area contributed by atoms with Crippen LogP contribution >= 0.6 is 11.6 Å². The SMILES string of the molecule is CCOCCC(NC)c1cc(Cl)ccc1OC. The summed E-state index contributed by atoms with van der Waals surface area (Å²) in [5, 5.41) is 3.98. The van der Waals surface area contributed by atoms with Gasteiger partial charge < -0.3 is 14.8 Å². The van der Waals surface area contributed by atoms with Crippen LogP contribution in [0.2, 0.25) is 5.02 Å². The Hall–Kier alpha value is -0.770. The average Bonchev–Trinajstić information content (AvgIpc) is 2.35. The molecule has 0 fully saturated rings. The van der Waals surface area contributed by atoms with E-state index in [-0.39, 0.29) is 6.04 Å². The molecule has 1 rings (SSSR count). The van der Waals surface area contributed by atoms with Crippen molar-refractivity contribution in [3.05, 3.63) is 28.8 Å². The van der Waals surface area contributed by atoms with Crippen LogP contribution in [0.1, 0.15) is 24.9 Å². The van der Waals surface area contributed by atoms with Gasteiger partial charge in [0.25, 0.3) is 0 Å². The van der Waals surface area contributed by atoms with E-state index in [1.54, 1.807) is 7.11 Å². The van der Waals surface area contributed by atoms with E-state index >= 15 is 0 Å². The summed E-state index contributed by atoms with van der Waals surface area (Å²) in [4.78, 5) is 0. The van der Waals surface area contributed by atoms with E-state index in [2.05, 4.69) is 5.32 Å². The lowest BCUT2D eigenvalue weighted by molar-refractivity contribution is 0.137. The summed E-state index contributed by atoms with van der Waals surface area (Å²) in [6.45, 7) is 3.45. The number of methoxy groups -OCH3 is 1. The van der Waals surface area contributed by atoms with Crippen molar-refractivity contribution < 1.29 is 9.47 Å². The summed E-state index contributed by atoms with van der Waals surface area (Å²) in [5.41, 5.74) is 1.07. The maximum atomic E-state index is 6.02. The van der Waals surface area contributed by atoms with Crippen LogP contribution in [0.4, 0.5) is 0 Å². The summed E-state index contributed by atoms with van der Waals surface area (Å²) in [7, 11) is 3.60. The summed E-state index contributed by atoms with van der Waals surface area (Å²) in [6.07, 6.45) is 0.890. The van der Waals surface area contributed by atoms with Gasteiger partial charge in [-0.25, -0.2) is 0 Å². The second kappa shape index (κ2) is 7.54. The molecular weight excluding hydrogens is 238 g/mol. The van der Waals surface area contributed by atoms with E-state index in [0.29, 0.717) is 0 Å². The average molecular weight is 258 g/mol. The molecule has 1 N–H and O–H groups in total. The highest BCUT2D eigenvalue weighted by molar-refractivity contribution is 6.30. The van der Waals surface area contributed by atoms with Gasteiger partial charge in [-0.15, -0.1) is 0 Å². The molecule has 0 radical (unpaired) electrons. The molecule has 0 saturated heterocycles. The van der Waals surface area contributed by atoms with Crippen LogP contribution in [0.5, 0.6) is 5.75 Å². The summed E-state index contributed by atoms with van der Waals surface area (Å²) < 4.78 is 10.7. The summed E-state index contributed by atoms with van der Waals surface area (Å²) >= 11 is 6.02. The van der Waals surface area contributed by atoms with Gasteiger partial charge in [-0.1, -0.05) is 11.6 Å². The van der Waals surface area contributed by atoms with E-state index in [1.165, 1.54) is 0 Å². The normalized spacial score (nSPS) is 12.5. The van der Waals surface area contributed by atoms with Gasteiger partial charge in [-0.3, -0.25) is 0 Å². The highest BCUT2D eigenvalue weighted by Crippen LogP contribution is 2.29. The molecule has 0 bridgehead atoms. The first-order chi connectivity index (χ1) is 8.22. The molecule has 0 aliphatic carbocycles. The number of hydrogen-bond acceptors (Lipinski definition) is 3. The number of halogens is 1. The summed E-state index contributed by atoms with van der Waals surface area (Å²) in [6, 6.07) is 5.85. The largest absolute Gasteiger partial charge is 0.496 e. The van der Waals surface area contributed by atoms with Gasteiger partial charge in [0, 0.05) is 29.8 Å². The van der Waals surface area contributed by atoms with E-state index in [0.717, 1.165) is 36.0 Å². The molecule has 1 aromatic carbocycles. The minimum atomic E-state index is 0.190. The van der Waals surface area contributed by atoms with Crippen molar-refractivity contribution >= 4 is 11.6 Å². The first-order valence-electron chi connectivity index (χ1n) is 5.81. The van der Waals surface area contributed by atoms with Crippen molar-refractivity contribution in [3.63, 3.8) is 0 Å². The standard InChI is InChI=1S/C13H20ClNO2/c1-4-17-8-7-12(15-2)11-9-10(14)5-6-13(11)16-3/h5-6,9,12,15H,4,7-8H2,1-3H3. The molecule has 17 heavy (non-hydrogen) atoms. The van der Waals surface area contributed by atoms with Crippen LogP contribution in [0.15, 0.2) is 18.2 Å². The quantitative estimate of drug-likeness (QED) is 0.762. The van der Waals surface area contributed by atoms with Crippen molar-refractivity contribution in [2.45, 2.75) is 19.4 Å². The predicted octanol–water partition coefficient (Wildman–Crippen LogP) is 3.04. The Morgan fingerprint density at radius 1 is 1.41 bits per heavy atom. The summed E-state index contributed by atoms with van der Waals surface area (Å²) in [5.74, 6) is 0.852. The van der Waals surface area contributed by atoms with Crippen molar-refractivity contribution in [1.29, 1.82) is 0 Å². The van der Waals surface area contributed by atoms with E-state index in [4.69, 9.17) is 21.1 Å². The van der Waals surface area contributed by atoms with Gasteiger partial charge in [0.05, 0.1) is 7.11 Å². The van der Waals surface area contributed by atoms with Gasteiger partial charge in [0.1, 0.15) is 5.75 Å². The van der Waals surface area contributed by atoms with Crippen LogP contribution in [0, 0.1) is 0 Å². The first-order valence-corrected chi connectivity index (χ1v) is 6.19. The Morgan fingerprint density at radius 2 is 2.18 bits per heavy atom. The van der Waals surface area contributed by atoms with Crippen molar-refractivity contribution in [1.82, 2.24) is 5.32 Å². The van der Waals surface area contributed by atoms with Crippen molar-refractivity contribution in [3.8, 4) is 5.75 Å². The fourth-order valence-electron chi connectivity index (χ4n) is 1.78. The first kappa shape index (κ1) is 14.3. The number of rotatable bonds is 7. The molecule has 3 nitrogen and oxygen atoms in total. The van der Waals surface area contributed by atoms with Crippen LogP contribution < -0.4 is 10.1 Å². The predicted molar refractivity (Wildman–Crippen MR) is 70.9 cm³/mol. The lowest BCUT2D eigenvalue weighted by Gasteiger charge is -2.19. The van der Waals surface area contributed by atoms with Gasteiger partial charge in [-0.2, -0.15) is 0 Å². The Balaban J connectivity index is 2.82. The van der Waals surface area contributed by atoms with Gasteiger partial charge in [0.2, 0.25) is 0 Å². The fourth-order valence-corrected chi connectivity index (χ4v) is 1.96. The minimum absolute atomic E-state index is 0.190. The van der Waals surface area contributed by atoms with Crippen molar-refractivity contribution in [2.24, 2.45) is 0 Å². The van der Waals surface area contributed by atoms with E-state index < -0.39 is 0 Å². The Bertz CT molecular complexity index is 344. The van der Waals surface area contributed by atoms with Crippen LogP contribution in [-0.2, 0) is 4.74 Å². The highest BCUT2D eigenvalue weighted by atomic mass is 35.5. The maximum Gasteiger partial charge on any atom is 0.123 e. The number of benzene rings is 1. The Morgan fingerprint density at radius 3 is 2.76 bits per heavy atom. The highest BCUT2D eigenvalue weighted by Gasteiger charge is 2.14. The molecule has 0 saturated carbocycles. The van der Waals surface area contributed by atoms with E-state index in [1.807, 2.05) is 32.2 Å². The molecule has 0 aliphatic heterocycles. The van der Waals surface area contributed by atoms with Gasteiger partial charge >= 0.3 is 0 Å². The third-order valence-corrected chi connectivity index (χ3v) is 2.91. The Kier molecular flexibility index (Phi) is 6.34. The molecule has 0 amide bonds. The van der Waals surface area contributed by atoms with Gasteiger partial charge in [0.15, 0.2) is 0 Å². The fraction of sp³-hybridized carbons (Fsp3) is 0.538. The number of ether oxygens (including phenoxy) is 2. The van der Waals surface area contributed by atoms with Crippen LogP contribution in [0.25, 0.3) is 0 Å². The van der Waals surface area contributed by atoms with Gasteiger partial charge in [-0.05, 0) is 38.6 Å². The maximum absolute atomic E-state index is 6.02. The second-order valence-electron chi connectivity index (χ2n) is 3.71. The molecule has 96 valence electrons. The smallest absolute Gasteiger partial charge is 0.123 e. The minimum Gasteiger partial charge on any atom is -0.496 e. The van der Waals surface area contributed by atoms with E-state index in [9.17, 15) is 0 Å². The topological polar surface area (TPSA) is 30.5 Å². The molecule has 1 unspecified atom stereocenters. The second-order valence-corrected chi connectivity index (χ2v) is 4.15. The molecule has 1 atom stereocenters.